The Bertz CT molecular complexity index is 459. The van der Waals surface area contributed by atoms with Gasteiger partial charge >= 0.3 is 0 Å². The lowest BCUT2D eigenvalue weighted by Crippen LogP contribution is -2.28. The van der Waals surface area contributed by atoms with Gasteiger partial charge in [-0.05, 0) is 24.7 Å². The molecule has 0 N–H and O–H groups in total. The third-order valence-corrected chi connectivity index (χ3v) is 4.70. The summed E-state index contributed by atoms with van der Waals surface area (Å²) < 4.78 is 0. The molecule has 1 aliphatic rings. The van der Waals surface area contributed by atoms with E-state index in [-0.39, 0.29) is 16.7 Å². The van der Waals surface area contributed by atoms with Gasteiger partial charge in [0.2, 0.25) is 5.12 Å². The number of rotatable bonds is 6. The fourth-order valence-corrected chi connectivity index (χ4v) is 3.41. The molecule has 0 bridgehead atoms. The van der Waals surface area contributed by atoms with Gasteiger partial charge in [-0.15, -0.1) is 6.58 Å². The van der Waals surface area contributed by atoms with Gasteiger partial charge in [0.25, 0.3) is 0 Å². The minimum atomic E-state index is -0.308. The Morgan fingerprint density at radius 2 is 2.21 bits per heavy atom. The minimum Gasteiger partial charge on any atom is -0.285 e. The van der Waals surface area contributed by atoms with Crippen molar-refractivity contribution in [1.82, 2.24) is 4.90 Å². The summed E-state index contributed by atoms with van der Waals surface area (Å²) in [7, 11) is 0. The molecule has 0 saturated carbocycles. The molecule has 102 valence electrons. The normalized spacial score (nSPS) is 26.7. The van der Waals surface area contributed by atoms with E-state index in [1.807, 2.05) is 31.2 Å². The first-order valence-corrected chi connectivity index (χ1v) is 7.74. The van der Waals surface area contributed by atoms with Crippen LogP contribution in [-0.4, -0.2) is 27.9 Å². The van der Waals surface area contributed by atoms with E-state index in [0.29, 0.717) is 0 Å². The van der Waals surface area contributed by atoms with Crippen LogP contribution in [0.25, 0.3) is 0 Å². The molecule has 3 heteroatoms. The van der Waals surface area contributed by atoms with Gasteiger partial charge in [-0.25, -0.2) is 0 Å². The third kappa shape index (κ3) is 2.77. The SMILES string of the molecule is C=CC[C@@]1(C(=O)SCC)CN1[C@@H](C)c1ccccc1. The molecule has 1 unspecified atom stereocenters. The molecule has 1 fully saturated rings. The average molecular weight is 275 g/mol. The van der Waals surface area contributed by atoms with E-state index in [4.69, 9.17) is 0 Å². The van der Waals surface area contributed by atoms with Crippen molar-refractivity contribution < 1.29 is 4.79 Å². The number of thioether (sulfide) groups is 1. The van der Waals surface area contributed by atoms with E-state index in [1.54, 1.807) is 0 Å². The molecule has 1 heterocycles. The summed E-state index contributed by atoms with van der Waals surface area (Å²) in [4.78, 5) is 14.6. The van der Waals surface area contributed by atoms with E-state index >= 15 is 0 Å². The topological polar surface area (TPSA) is 20.1 Å². The van der Waals surface area contributed by atoms with Crippen molar-refractivity contribution in [2.24, 2.45) is 0 Å². The average Bonchev–Trinajstić information content (AvgIpc) is 3.15. The van der Waals surface area contributed by atoms with E-state index in [1.165, 1.54) is 17.3 Å². The van der Waals surface area contributed by atoms with Crippen LogP contribution in [0, 0.1) is 0 Å². The van der Waals surface area contributed by atoms with Crippen LogP contribution < -0.4 is 0 Å². The first-order chi connectivity index (χ1) is 9.15. The van der Waals surface area contributed by atoms with Crippen LogP contribution in [0.15, 0.2) is 43.0 Å². The molecule has 19 heavy (non-hydrogen) atoms. The number of nitrogens with zero attached hydrogens (tertiary/aromatic N) is 1. The number of carbonyl (C=O) groups is 1. The van der Waals surface area contributed by atoms with Crippen LogP contribution >= 0.6 is 11.8 Å². The van der Waals surface area contributed by atoms with E-state index < -0.39 is 0 Å². The van der Waals surface area contributed by atoms with Crippen LogP contribution in [0.4, 0.5) is 0 Å². The number of hydrogen-bond donors (Lipinski definition) is 0. The molecule has 2 rings (SSSR count). The summed E-state index contributed by atoms with van der Waals surface area (Å²) >= 11 is 1.43. The second kappa shape index (κ2) is 5.93. The van der Waals surface area contributed by atoms with Crippen molar-refractivity contribution >= 4 is 16.9 Å². The van der Waals surface area contributed by atoms with E-state index in [9.17, 15) is 4.79 Å². The van der Waals surface area contributed by atoms with Crippen molar-refractivity contribution in [3.63, 3.8) is 0 Å². The Balaban J connectivity index is 2.14. The van der Waals surface area contributed by atoms with Gasteiger partial charge in [-0.1, -0.05) is 55.1 Å². The van der Waals surface area contributed by atoms with Crippen molar-refractivity contribution in [3.05, 3.63) is 48.6 Å². The molecule has 3 atom stereocenters. The highest BCUT2D eigenvalue weighted by atomic mass is 32.2. The standard InChI is InChI=1S/C16H21NOS/c1-4-11-16(15(18)19-5-2)12-17(16)13(3)14-9-7-6-8-10-14/h4,6-10,13H,1,5,11-12H2,2-3H3/t13-,16-,17?/m0/s1. The molecule has 0 radical (unpaired) electrons. The summed E-state index contributed by atoms with van der Waals surface area (Å²) in [6, 6.07) is 10.6. The Hall–Kier alpha value is -1.06. The van der Waals surface area contributed by atoms with Crippen LogP contribution in [0.1, 0.15) is 31.9 Å². The zero-order valence-electron chi connectivity index (χ0n) is 11.6. The highest BCUT2D eigenvalue weighted by molar-refractivity contribution is 8.13. The fourth-order valence-electron chi connectivity index (χ4n) is 2.62. The minimum absolute atomic E-state index is 0.280. The molecule has 0 spiro atoms. The molecule has 2 nitrogen and oxygen atoms in total. The lowest BCUT2D eigenvalue weighted by molar-refractivity contribution is -0.114. The number of carbonyl (C=O) groups excluding carboxylic acids is 1. The monoisotopic (exact) mass is 275 g/mol. The second-order valence-corrected chi connectivity index (χ2v) is 6.20. The summed E-state index contributed by atoms with van der Waals surface area (Å²) in [5.41, 5.74) is 0.959. The zero-order valence-corrected chi connectivity index (χ0v) is 12.5. The predicted octanol–water partition coefficient (Wildman–Crippen LogP) is 3.66. The van der Waals surface area contributed by atoms with Gasteiger partial charge in [-0.3, -0.25) is 9.69 Å². The molecular weight excluding hydrogens is 254 g/mol. The molecule has 0 amide bonds. The molecular formula is C16H21NOS. The van der Waals surface area contributed by atoms with Gasteiger partial charge in [0, 0.05) is 12.6 Å². The Morgan fingerprint density at radius 3 is 2.79 bits per heavy atom. The molecule has 1 saturated heterocycles. The molecule has 0 aliphatic carbocycles. The van der Waals surface area contributed by atoms with Crippen molar-refractivity contribution in [3.8, 4) is 0 Å². The zero-order chi connectivity index (χ0) is 13.9. The maximum atomic E-state index is 12.3. The van der Waals surface area contributed by atoms with Crippen LogP contribution in [-0.2, 0) is 4.79 Å². The van der Waals surface area contributed by atoms with Crippen molar-refractivity contribution in [2.75, 3.05) is 12.3 Å². The van der Waals surface area contributed by atoms with Gasteiger partial charge < -0.3 is 0 Å². The van der Waals surface area contributed by atoms with Crippen molar-refractivity contribution in [1.29, 1.82) is 0 Å². The molecule has 0 aromatic heterocycles. The third-order valence-electron chi connectivity index (χ3n) is 3.77. The summed E-state index contributed by atoms with van der Waals surface area (Å²) in [5, 5.41) is 0.290. The highest BCUT2D eigenvalue weighted by Crippen LogP contribution is 2.46. The van der Waals surface area contributed by atoms with Crippen molar-refractivity contribution in [2.45, 2.75) is 31.8 Å². The van der Waals surface area contributed by atoms with Crippen LogP contribution in [0.2, 0.25) is 0 Å². The maximum Gasteiger partial charge on any atom is 0.210 e. The summed E-state index contributed by atoms with van der Waals surface area (Å²) in [6.45, 7) is 8.85. The van der Waals surface area contributed by atoms with E-state index in [0.717, 1.165) is 18.7 Å². The van der Waals surface area contributed by atoms with E-state index in [2.05, 4.69) is 30.5 Å². The summed E-state index contributed by atoms with van der Waals surface area (Å²) in [6.07, 6.45) is 2.61. The van der Waals surface area contributed by atoms with Gasteiger partial charge in [0.15, 0.2) is 0 Å². The first kappa shape index (κ1) is 14.4. The number of benzene rings is 1. The molecule has 1 aromatic rings. The summed E-state index contributed by atoms with van der Waals surface area (Å²) in [5.74, 6) is 0.839. The van der Waals surface area contributed by atoms with Gasteiger partial charge in [0.05, 0.1) is 0 Å². The second-order valence-electron chi connectivity index (χ2n) is 4.96. The predicted molar refractivity (Wildman–Crippen MR) is 82.2 cm³/mol. The van der Waals surface area contributed by atoms with Crippen LogP contribution in [0.5, 0.6) is 0 Å². The van der Waals surface area contributed by atoms with Crippen LogP contribution in [0.3, 0.4) is 0 Å². The Morgan fingerprint density at radius 1 is 1.53 bits per heavy atom. The molecule has 1 aliphatic heterocycles. The Kier molecular flexibility index (Phi) is 4.48. The Labute approximate surface area is 119 Å². The highest BCUT2D eigenvalue weighted by Gasteiger charge is 2.58. The maximum absolute atomic E-state index is 12.3. The first-order valence-electron chi connectivity index (χ1n) is 6.75. The quantitative estimate of drug-likeness (QED) is 0.583. The van der Waals surface area contributed by atoms with Gasteiger partial charge in [0.1, 0.15) is 5.54 Å². The van der Waals surface area contributed by atoms with Gasteiger partial charge in [-0.2, -0.15) is 0 Å². The number of hydrogen-bond acceptors (Lipinski definition) is 3. The molecule has 1 aromatic carbocycles. The lowest BCUT2D eigenvalue weighted by Gasteiger charge is -2.20. The largest absolute Gasteiger partial charge is 0.285 e. The fraction of sp³-hybridized carbons (Fsp3) is 0.438. The lowest BCUT2D eigenvalue weighted by atomic mass is 10.1. The smallest absolute Gasteiger partial charge is 0.210 e.